The van der Waals surface area contributed by atoms with Crippen LogP contribution in [0.2, 0.25) is 5.02 Å². The van der Waals surface area contributed by atoms with Crippen LogP contribution < -0.4 is 10.6 Å². The van der Waals surface area contributed by atoms with Crippen LogP contribution in [0.5, 0.6) is 0 Å². The first-order valence-electron chi connectivity index (χ1n) is 7.84. The average Bonchev–Trinajstić information content (AvgIpc) is 2.68. The number of nitrogens with zero attached hydrogens (tertiary/aromatic N) is 2. The number of anilines is 1. The molecular formula is C18H15ClN4O3S. The van der Waals surface area contributed by atoms with Crippen molar-refractivity contribution in [2.75, 3.05) is 5.32 Å². The van der Waals surface area contributed by atoms with Gasteiger partial charge in [0.1, 0.15) is 0 Å². The summed E-state index contributed by atoms with van der Waals surface area (Å²) in [6.07, 6.45) is 5.90. The number of amides is 2. The minimum atomic E-state index is -3.74. The molecule has 0 saturated carbocycles. The molecule has 0 aliphatic rings. The third-order valence-electron chi connectivity index (χ3n) is 3.59. The lowest BCUT2D eigenvalue weighted by Gasteiger charge is -2.09. The Bertz CT molecular complexity index is 1040. The van der Waals surface area contributed by atoms with E-state index in [9.17, 15) is 13.2 Å². The normalized spacial score (nSPS) is 11.0. The molecule has 0 unspecified atom stereocenters. The smallest absolute Gasteiger partial charge is 0.319 e. The highest BCUT2D eigenvalue weighted by molar-refractivity contribution is 7.91. The minimum absolute atomic E-state index is 0.00456. The van der Waals surface area contributed by atoms with Crippen LogP contribution in [0.15, 0.2) is 77.0 Å². The van der Waals surface area contributed by atoms with E-state index in [1.165, 1.54) is 42.7 Å². The Morgan fingerprint density at radius 3 is 2.44 bits per heavy atom. The highest BCUT2D eigenvalue weighted by atomic mass is 35.5. The Labute approximate surface area is 161 Å². The number of pyridine rings is 2. The van der Waals surface area contributed by atoms with E-state index in [1.54, 1.807) is 18.5 Å². The van der Waals surface area contributed by atoms with Gasteiger partial charge in [-0.2, -0.15) is 0 Å². The van der Waals surface area contributed by atoms with Crippen LogP contribution in [-0.4, -0.2) is 24.4 Å². The lowest BCUT2D eigenvalue weighted by Crippen LogP contribution is -2.28. The zero-order valence-corrected chi connectivity index (χ0v) is 15.5. The van der Waals surface area contributed by atoms with Crippen LogP contribution in [0, 0.1) is 0 Å². The van der Waals surface area contributed by atoms with E-state index in [-0.39, 0.29) is 14.8 Å². The Morgan fingerprint density at radius 2 is 1.78 bits per heavy atom. The second kappa shape index (κ2) is 8.15. The molecule has 0 atom stereocenters. The number of benzene rings is 1. The lowest BCUT2D eigenvalue weighted by atomic mass is 10.3. The third-order valence-corrected chi connectivity index (χ3v) is 5.53. The van der Waals surface area contributed by atoms with Gasteiger partial charge in [-0.3, -0.25) is 9.97 Å². The zero-order chi connectivity index (χ0) is 19.3. The summed E-state index contributed by atoms with van der Waals surface area (Å²) in [6.45, 7) is 0.327. The SMILES string of the molecule is O=C(NCc1cccnc1)Nc1ccc(S(=O)(=O)c2cncc(Cl)c2)cc1. The molecule has 1 aromatic carbocycles. The predicted molar refractivity (Wildman–Crippen MR) is 101 cm³/mol. The van der Waals surface area contributed by atoms with Gasteiger partial charge >= 0.3 is 6.03 Å². The fraction of sp³-hybridized carbons (Fsp3) is 0.0556. The van der Waals surface area contributed by atoms with E-state index in [0.717, 1.165) is 5.56 Å². The van der Waals surface area contributed by atoms with Crippen molar-refractivity contribution in [1.29, 1.82) is 0 Å². The van der Waals surface area contributed by atoms with Gasteiger partial charge in [-0.25, -0.2) is 13.2 Å². The molecule has 7 nitrogen and oxygen atoms in total. The summed E-state index contributed by atoms with van der Waals surface area (Å²) < 4.78 is 25.1. The van der Waals surface area contributed by atoms with Crippen molar-refractivity contribution in [3.8, 4) is 0 Å². The molecule has 27 heavy (non-hydrogen) atoms. The summed E-state index contributed by atoms with van der Waals surface area (Å²) in [5.74, 6) is 0. The van der Waals surface area contributed by atoms with Gasteiger partial charge in [-0.15, -0.1) is 0 Å². The summed E-state index contributed by atoms with van der Waals surface area (Å²) in [4.78, 5) is 19.8. The zero-order valence-electron chi connectivity index (χ0n) is 14.0. The fourth-order valence-corrected chi connectivity index (χ4v) is 3.74. The Balaban J connectivity index is 1.65. The van der Waals surface area contributed by atoms with Gasteiger partial charge in [0, 0.05) is 37.0 Å². The van der Waals surface area contributed by atoms with Crippen molar-refractivity contribution >= 4 is 33.2 Å². The molecule has 0 saturated heterocycles. The Hall–Kier alpha value is -2.97. The number of nitrogens with one attached hydrogen (secondary N) is 2. The maximum absolute atomic E-state index is 12.6. The van der Waals surface area contributed by atoms with Crippen molar-refractivity contribution in [3.05, 3.63) is 77.8 Å². The number of aromatic nitrogens is 2. The molecule has 3 rings (SSSR count). The molecule has 0 radical (unpaired) electrons. The standard InChI is InChI=1S/C18H15ClN4O3S/c19-14-8-17(12-21-11-14)27(25,26)16-5-3-15(4-6-16)23-18(24)22-10-13-2-1-7-20-9-13/h1-9,11-12H,10H2,(H2,22,23,24). The van der Waals surface area contributed by atoms with E-state index in [2.05, 4.69) is 20.6 Å². The second-order valence-corrected chi connectivity index (χ2v) is 7.92. The second-order valence-electron chi connectivity index (χ2n) is 5.54. The summed E-state index contributed by atoms with van der Waals surface area (Å²) in [5, 5.41) is 5.57. The number of hydrogen-bond acceptors (Lipinski definition) is 5. The Morgan fingerprint density at radius 1 is 1.00 bits per heavy atom. The summed E-state index contributed by atoms with van der Waals surface area (Å²) in [5.41, 5.74) is 1.33. The van der Waals surface area contributed by atoms with Crippen molar-refractivity contribution in [2.45, 2.75) is 16.3 Å². The number of urea groups is 1. The quantitative estimate of drug-likeness (QED) is 0.682. The van der Waals surface area contributed by atoms with Crippen LogP contribution >= 0.6 is 11.6 Å². The molecular weight excluding hydrogens is 388 g/mol. The molecule has 0 aliphatic carbocycles. The molecule has 2 heterocycles. The van der Waals surface area contributed by atoms with Gasteiger partial charge < -0.3 is 10.6 Å². The molecule has 0 fully saturated rings. The molecule has 2 amide bonds. The van der Waals surface area contributed by atoms with E-state index >= 15 is 0 Å². The third kappa shape index (κ3) is 4.81. The molecule has 3 aromatic rings. The van der Waals surface area contributed by atoms with Gasteiger partial charge in [0.25, 0.3) is 0 Å². The van der Waals surface area contributed by atoms with Crippen molar-refractivity contribution in [2.24, 2.45) is 0 Å². The first kappa shape index (κ1) is 18.8. The molecule has 2 N–H and O–H groups in total. The number of rotatable bonds is 5. The maximum atomic E-state index is 12.6. The maximum Gasteiger partial charge on any atom is 0.319 e. The molecule has 0 bridgehead atoms. The van der Waals surface area contributed by atoms with E-state index < -0.39 is 15.9 Å². The van der Waals surface area contributed by atoms with Crippen LogP contribution in [0.25, 0.3) is 0 Å². The Kier molecular flexibility index (Phi) is 5.68. The predicted octanol–water partition coefficient (Wildman–Crippen LogP) is 3.28. The van der Waals surface area contributed by atoms with Crippen LogP contribution in [0.3, 0.4) is 0 Å². The minimum Gasteiger partial charge on any atom is -0.334 e. The van der Waals surface area contributed by atoms with E-state index in [4.69, 9.17) is 11.6 Å². The number of carbonyl (C=O) groups excluding carboxylic acids is 1. The topological polar surface area (TPSA) is 101 Å². The summed E-state index contributed by atoms with van der Waals surface area (Å²) >= 11 is 5.81. The van der Waals surface area contributed by atoms with E-state index in [0.29, 0.717) is 12.2 Å². The molecule has 2 aromatic heterocycles. The number of halogens is 1. The highest BCUT2D eigenvalue weighted by Gasteiger charge is 2.18. The first-order chi connectivity index (χ1) is 12.9. The van der Waals surface area contributed by atoms with E-state index in [1.807, 2.05) is 6.07 Å². The lowest BCUT2D eigenvalue weighted by molar-refractivity contribution is 0.251. The van der Waals surface area contributed by atoms with Gasteiger partial charge in [0.15, 0.2) is 0 Å². The van der Waals surface area contributed by atoms with Crippen LogP contribution in [-0.2, 0) is 16.4 Å². The van der Waals surface area contributed by atoms with Gasteiger partial charge in [0.05, 0.1) is 14.8 Å². The fourth-order valence-electron chi connectivity index (χ4n) is 2.25. The van der Waals surface area contributed by atoms with Crippen LogP contribution in [0.1, 0.15) is 5.56 Å². The van der Waals surface area contributed by atoms with Gasteiger partial charge in [-0.1, -0.05) is 17.7 Å². The molecule has 0 spiro atoms. The largest absolute Gasteiger partial charge is 0.334 e. The highest BCUT2D eigenvalue weighted by Crippen LogP contribution is 2.23. The van der Waals surface area contributed by atoms with Crippen molar-refractivity contribution < 1.29 is 13.2 Å². The number of sulfone groups is 1. The number of hydrogen-bond donors (Lipinski definition) is 2. The van der Waals surface area contributed by atoms with Crippen molar-refractivity contribution in [3.63, 3.8) is 0 Å². The van der Waals surface area contributed by atoms with Crippen LogP contribution in [0.4, 0.5) is 10.5 Å². The average molecular weight is 403 g/mol. The summed E-state index contributed by atoms with van der Waals surface area (Å²) in [6, 6.07) is 10.4. The van der Waals surface area contributed by atoms with Gasteiger partial charge in [-0.05, 0) is 42.0 Å². The summed E-state index contributed by atoms with van der Waals surface area (Å²) in [7, 11) is -3.74. The molecule has 138 valence electrons. The van der Waals surface area contributed by atoms with Gasteiger partial charge in [0.2, 0.25) is 9.84 Å². The monoisotopic (exact) mass is 402 g/mol. The number of carbonyl (C=O) groups is 1. The molecule has 0 aliphatic heterocycles. The van der Waals surface area contributed by atoms with Crippen molar-refractivity contribution in [1.82, 2.24) is 15.3 Å². The molecule has 9 heteroatoms. The first-order valence-corrected chi connectivity index (χ1v) is 9.71.